The summed E-state index contributed by atoms with van der Waals surface area (Å²) in [5.74, 6) is -0.179. The topological polar surface area (TPSA) is 79.5 Å². The second-order valence-corrected chi connectivity index (χ2v) is 5.60. The SMILES string of the molecule is Cc1ccnc2sc(C(=O)N(C)C(C)CO)c(N)c12. The van der Waals surface area contributed by atoms with Gasteiger partial charge in [-0.15, -0.1) is 11.3 Å². The minimum absolute atomic E-state index is 0.0790. The lowest BCUT2D eigenvalue weighted by Crippen LogP contribution is -2.37. The summed E-state index contributed by atoms with van der Waals surface area (Å²) in [4.78, 5) is 19.4. The number of aliphatic hydroxyl groups excluding tert-OH is 1. The van der Waals surface area contributed by atoms with Gasteiger partial charge in [-0.25, -0.2) is 4.98 Å². The van der Waals surface area contributed by atoms with Crippen LogP contribution in [-0.4, -0.2) is 40.6 Å². The van der Waals surface area contributed by atoms with Crippen molar-refractivity contribution in [3.63, 3.8) is 0 Å². The number of thiophene rings is 1. The summed E-state index contributed by atoms with van der Waals surface area (Å²) in [6.45, 7) is 3.65. The fraction of sp³-hybridized carbons (Fsp3) is 0.385. The maximum Gasteiger partial charge on any atom is 0.266 e. The third kappa shape index (κ3) is 2.29. The molecule has 0 spiro atoms. The molecule has 19 heavy (non-hydrogen) atoms. The molecule has 0 aromatic carbocycles. The number of amides is 1. The summed E-state index contributed by atoms with van der Waals surface area (Å²) in [5.41, 5.74) is 7.57. The zero-order valence-electron chi connectivity index (χ0n) is 11.2. The molecule has 2 heterocycles. The smallest absolute Gasteiger partial charge is 0.266 e. The molecule has 2 aromatic heterocycles. The van der Waals surface area contributed by atoms with Gasteiger partial charge in [0.25, 0.3) is 5.91 Å². The number of nitrogen functional groups attached to an aromatic ring is 1. The number of carbonyl (C=O) groups is 1. The van der Waals surface area contributed by atoms with Crippen LogP contribution in [0.5, 0.6) is 0 Å². The number of hydrogen-bond donors (Lipinski definition) is 2. The minimum atomic E-state index is -0.244. The number of likely N-dealkylation sites (N-methyl/N-ethyl adjacent to an activating group) is 1. The lowest BCUT2D eigenvalue weighted by atomic mass is 10.1. The Kier molecular flexibility index (Phi) is 3.73. The number of nitrogens with zero attached hydrogens (tertiary/aromatic N) is 2. The van der Waals surface area contributed by atoms with Crippen molar-refractivity contribution in [3.8, 4) is 0 Å². The zero-order valence-corrected chi connectivity index (χ0v) is 12.0. The Morgan fingerprint density at radius 3 is 2.89 bits per heavy atom. The van der Waals surface area contributed by atoms with Crippen LogP contribution in [0.1, 0.15) is 22.2 Å². The number of nitrogens with two attached hydrogens (primary N) is 1. The minimum Gasteiger partial charge on any atom is -0.397 e. The van der Waals surface area contributed by atoms with Crippen molar-refractivity contribution in [1.29, 1.82) is 0 Å². The van der Waals surface area contributed by atoms with Gasteiger partial charge in [-0.1, -0.05) is 0 Å². The lowest BCUT2D eigenvalue weighted by Gasteiger charge is -2.22. The molecule has 0 radical (unpaired) electrons. The van der Waals surface area contributed by atoms with Crippen molar-refractivity contribution >= 4 is 33.1 Å². The van der Waals surface area contributed by atoms with Gasteiger partial charge < -0.3 is 15.7 Å². The fourth-order valence-corrected chi connectivity index (χ4v) is 2.97. The van der Waals surface area contributed by atoms with Crippen LogP contribution in [0.4, 0.5) is 5.69 Å². The molecule has 3 N–H and O–H groups in total. The van der Waals surface area contributed by atoms with Gasteiger partial charge in [0, 0.05) is 18.6 Å². The van der Waals surface area contributed by atoms with Crippen LogP contribution in [-0.2, 0) is 0 Å². The first-order valence-electron chi connectivity index (χ1n) is 5.99. The van der Waals surface area contributed by atoms with Gasteiger partial charge in [0.05, 0.1) is 18.3 Å². The molecule has 0 saturated heterocycles. The Morgan fingerprint density at radius 1 is 1.63 bits per heavy atom. The van der Waals surface area contributed by atoms with Gasteiger partial charge in [-0.05, 0) is 25.5 Å². The van der Waals surface area contributed by atoms with Crippen LogP contribution in [0.3, 0.4) is 0 Å². The van der Waals surface area contributed by atoms with Crippen molar-refractivity contribution in [2.45, 2.75) is 19.9 Å². The van der Waals surface area contributed by atoms with E-state index in [2.05, 4.69) is 4.98 Å². The average molecular weight is 279 g/mol. The Bertz CT molecular complexity index is 624. The van der Waals surface area contributed by atoms with E-state index in [1.54, 1.807) is 20.2 Å². The first-order valence-corrected chi connectivity index (χ1v) is 6.80. The summed E-state index contributed by atoms with van der Waals surface area (Å²) in [7, 11) is 1.66. The van der Waals surface area contributed by atoms with Gasteiger partial charge in [-0.2, -0.15) is 0 Å². The monoisotopic (exact) mass is 279 g/mol. The van der Waals surface area contributed by atoms with E-state index in [9.17, 15) is 4.79 Å². The summed E-state index contributed by atoms with van der Waals surface area (Å²) in [6, 6.07) is 1.63. The number of hydrogen-bond acceptors (Lipinski definition) is 5. The number of carbonyl (C=O) groups excluding carboxylic acids is 1. The standard InChI is InChI=1S/C13H17N3O2S/c1-7-4-5-15-12-9(7)10(14)11(19-12)13(18)16(3)8(2)6-17/h4-5,8,17H,6,14H2,1-3H3. The first-order chi connectivity index (χ1) is 8.97. The molecule has 0 saturated carbocycles. The number of aromatic nitrogens is 1. The third-order valence-corrected chi connectivity index (χ3v) is 4.38. The zero-order chi connectivity index (χ0) is 14.2. The Morgan fingerprint density at radius 2 is 2.32 bits per heavy atom. The third-order valence-electron chi connectivity index (χ3n) is 3.28. The van der Waals surface area contributed by atoms with Crippen molar-refractivity contribution in [1.82, 2.24) is 9.88 Å². The Labute approximate surface area is 115 Å². The largest absolute Gasteiger partial charge is 0.397 e. The molecule has 0 aliphatic rings. The fourth-order valence-electron chi connectivity index (χ4n) is 1.85. The molecule has 2 aromatic rings. The van der Waals surface area contributed by atoms with Crippen LogP contribution < -0.4 is 5.73 Å². The number of fused-ring (bicyclic) bond motifs is 1. The van der Waals surface area contributed by atoms with Crippen molar-refractivity contribution < 1.29 is 9.90 Å². The van der Waals surface area contributed by atoms with Gasteiger partial charge in [0.2, 0.25) is 0 Å². The lowest BCUT2D eigenvalue weighted by molar-refractivity contribution is 0.0688. The molecular formula is C13H17N3O2S. The molecule has 0 bridgehead atoms. The van der Waals surface area contributed by atoms with Gasteiger partial charge in [0.15, 0.2) is 0 Å². The molecule has 1 atom stereocenters. The van der Waals surface area contributed by atoms with Crippen LogP contribution >= 0.6 is 11.3 Å². The number of anilines is 1. The number of aliphatic hydroxyl groups is 1. The van der Waals surface area contributed by atoms with Crippen LogP contribution in [0.2, 0.25) is 0 Å². The average Bonchev–Trinajstić information content (AvgIpc) is 2.74. The van der Waals surface area contributed by atoms with E-state index in [4.69, 9.17) is 10.8 Å². The van der Waals surface area contributed by atoms with E-state index >= 15 is 0 Å². The molecule has 1 amide bonds. The summed E-state index contributed by atoms with van der Waals surface area (Å²) < 4.78 is 0. The highest BCUT2D eigenvalue weighted by Crippen LogP contribution is 2.35. The number of rotatable bonds is 3. The molecule has 1 unspecified atom stereocenters. The van der Waals surface area contributed by atoms with E-state index in [-0.39, 0.29) is 18.6 Å². The first kappa shape index (κ1) is 13.8. The normalized spacial score (nSPS) is 12.6. The van der Waals surface area contributed by atoms with Crippen molar-refractivity contribution in [2.75, 3.05) is 19.4 Å². The molecule has 0 fully saturated rings. The van der Waals surface area contributed by atoms with Gasteiger partial charge in [-0.3, -0.25) is 4.79 Å². The van der Waals surface area contributed by atoms with Crippen molar-refractivity contribution in [3.05, 3.63) is 22.7 Å². The summed E-state index contributed by atoms with van der Waals surface area (Å²) in [5, 5.41) is 9.97. The van der Waals surface area contributed by atoms with E-state index in [1.807, 2.05) is 13.0 Å². The molecular weight excluding hydrogens is 262 g/mol. The molecule has 102 valence electrons. The molecule has 5 nitrogen and oxygen atoms in total. The van der Waals surface area contributed by atoms with Gasteiger partial charge in [0.1, 0.15) is 9.71 Å². The van der Waals surface area contributed by atoms with Gasteiger partial charge >= 0.3 is 0 Å². The van der Waals surface area contributed by atoms with Crippen LogP contribution in [0.25, 0.3) is 10.2 Å². The van der Waals surface area contributed by atoms with E-state index in [0.29, 0.717) is 10.6 Å². The highest BCUT2D eigenvalue weighted by Gasteiger charge is 2.23. The number of pyridine rings is 1. The van der Waals surface area contributed by atoms with Crippen LogP contribution in [0.15, 0.2) is 12.3 Å². The maximum atomic E-state index is 12.4. The van der Waals surface area contributed by atoms with E-state index in [0.717, 1.165) is 15.8 Å². The molecule has 0 aliphatic heterocycles. The summed E-state index contributed by atoms with van der Waals surface area (Å²) >= 11 is 1.29. The highest BCUT2D eigenvalue weighted by molar-refractivity contribution is 7.21. The van der Waals surface area contributed by atoms with E-state index < -0.39 is 0 Å². The highest BCUT2D eigenvalue weighted by atomic mass is 32.1. The maximum absolute atomic E-state index is 12.4. The number of aryl methyl sites for hydroxylation is 1. The second kappa shape index (κ2) is 5.14. The molecule has 6 heteroatoms. The van der Waals surface area contributed by atoms with Crippen molar-refractivity contribution in [2.24, 2.45) is 0 Å². The second-order valence-electron chi connectivity index (χ2n) is 4.60. The Balaban J connectivity index is 2.49. The van der Waals surface area contributed by atoms with E-state index in [1.165, 1.54) is 16.2 Å². The molecule has 0 aliphatic carbocycles. The summed E-state index contributed by atoms with van der Waals surface area (Å²) in [6.07, 6.45) is 1.71. The predicted octanol–water partition coefficient (Wildman–Crippen LogP) is 1.64. The predicted molar refractivity (Wildman–Crippen MR) is 77.4 cm³/mol. The van der Waals surface area contributed by atoms with Crippen LogP contribution in [0, 0.1) is 6.92 Å². The quantitative estimate of drug-likeness (QED) is 0.895. The molecule has 2 rings (SSSR count). The Hall–Kier alpha value is -1.66.